The number of ether oxygens (including phenoxy) is 2. The van der Waals surface area contributed by atoms with Crippen LogP contribution in [0.15, 0.2) is 0 Å². The van der Waals surface area contributed by atoms with E-state index in [4.69, 9.17) is 11.2 Å². The van der Waals surface area contributed by atoms with Gasteiger partial charge in [-0.05, 0) is 6.92 Å². The van der Waals surface area contributed by atoms with Crippen LogP contribution in [-0.2, 0) is 14.3 Å². The summed E-state index contributed by atoms with van der Waals surface area (Å²) in [6.45, 7) is 2.09. The van der Waals surface area contributed by atoms with Crippen LogP contribution in [0.5, 0.6) is 0 Å². The van der Waals surface area contributed by atoms with Crippen molar-refractivity contribution in [3.63, 3.8) is 0 Å². The van der Waals surface area contributed by atoms with Crippen molar-refractivity contribution in [3.05, 3.63) is 0 Å². The van der Waals surface area contributed by atoms with E-state index in [1.807, 2.05) is 0 Å². The van der Waals surface area contributed by atoms with Gasteiger partial charge in [0.2, 0.25) is 0 Å². The lowest BCUT2D eigenvalue weighted by atomic mass is 10.3. The number of carbonyl (C=O) groups excluding carboxylic acids is 1. The van der Waals surface area contributed by atoms with Crippen LogP contribution in [0.3, 0.4) is 0 Å². The van der Waals surface area contributed by atoms with E-state index in [2.05, 4.69) is 10.7 Å². The average molecular weight is 156 g/mol. The highest BCUT2D eigenvalue weighted by Crippen LogP contribution is 1.98. The molecule has 0 amide bonds. The molecule has 0 spiro atoms. The lowest BCUT2D eigenvalue weighted by molar-refractivity contribution is -0.154. The van der Waals surface area contributed by atoms with E-state index < -0.39 is 12.1 Å². The molecular formula is C8H12O3. The first kappa shape index (κ1) is 9.99. The van der Waals surface area contributed by atoms with Crippen LogP contribution < -0.4 is 0 Å². The summed E-state index contributed by atoms with van der Waals surface area (Å²) in [6, 6.07) is 0. The quantitative estimate of drug-likeness (QED) is 0.441. The summed E-state index contributed by atoms with van der Waals surface area (Å²) in [6.07, 6.45) is 4.65. The third-order valence-electron chi connectivity index (χ3n) is 1.14. The Morgan fingerprint density at radius 3 is 2.73 bits per heavy atom. The number of rotatable bonds is 4. The summed E-state index contributed by atoms with van der Waals surface area (Å²) in [5, 5.41) is 0. The molecule has 0 saturated heterocycles. The zero-order chi connectivity index (χ0) is 8.69. The largest absolute Gasteiger partial charge is 0.464 e. The topological polar surface area (TPSA) is 35.5 Å². The molecule has 0 aromatic rings. The van der Waals surface area contributed by atoms with Crippen LogP contribution in [0.1, 0.15) is 13.3 Å². The van der Waals surface area contributed by atoms with Gasteiger partial charge in [0.15, 0.2) is 6.10 Å². The molecule has 0 fully saturated rings. The minimum absolute atomic E-state index is 0.259. The highest BCUT2D eigenvalue weighted by Gasteiger charge is 2.16. The molecular weight excluding hydrogens is 144 g/mol. The molecule has 0 aliphatic heterocycles. The van der Waals surface area contributed by atoms with Gasteiger partial charge in [-0.1, -0.05) is 0 Å². The van der Waals surface area contributed by atoms with Crippen LogP contribution in [0.25, 0.3) is 0 Å². The van der Waals surface area contributed by atoms with Crippen LogP contribution in [0, 0.1) is 12.3 Å². The van der Waals surface area contributed by atoms with Gasteiger partial charge >= 0.3 is 5.97 Å². The fraction of sp³-hybridized carbons (Fsp3) is 0.625. The molecule has 0 bridgehead atoms. The molecule has 11 heavy (non-hydrogen) atoms. The Labute approximate surface area is 66.7 Å². The van der Waals surface area contributed by atoms with Crippen molar-refractivity contribution in [2.75, 3.05) is 13.7 Å². The molecule has 3 nitrogen and oxygen atoms in total. The lowest BCUT2D eigenvalue weighted by Crippen LogP contribution is -2.24. The predicted molar refractivity (Wildman–Crippen MR) is 40.9 cm³/mol. The van der Waals surface area contributed by atoms with E-state index in [1.54, 1.807) is 6.92 Å². The third kappa shape index (κ3) is 3.64. The maximum absolute atomic E-state index is 10.9. The minimum atomic E-state index is -0.611. The summed E-state index contributed by atoms with van der Waals surface area (Å²) in [7, 11) is 1.43. The van der Waals surface area contributed by atoms with Crippen molar-refractivity contribution in [1.29, 1.82) is 0 Å². The summed E-state index contributed by atoms with van der Waals surface area (Å²) in [5.41, 5.74) is 0. The molecule has 0 aromatic carbocycles. The van der Waals surface area contributed by atoms with Crippen molar-refractivity contribution < 1.29 is 14.3 Å². The summed E-state index contributed by atoms with van der Waals surface area (Å²) in [4.78, 5) is 10.9. The van der Waals surface area contributed by atoms with Gasteiger partial charge < -0.3 is 9.47 Å². The first-order chi connectivity index (χ1) is 5.26. The van der Waals surface area contributed by atoms with E-state index in [0.717, 1.165) is 0 Å². The Morgan fingerprint density at radius 2 is 2.36 bits per heavy atom. The highest BCUT2D eigenvalue weighted by atomic mass is 16.6. The van der Waals surface area contributed by atoms with E-state index in [-0.39, 0.29) is 6.42 Å². The van der Waals surface area contributed by atoms with Gasteiger partial charge in [0.05, 0.1) is 6.61 Å². The summed E-state index contributed by atoms with van der Waals surface area (Å²) in [5.74, 6) is 1.94. The van der Waals surface area contributed by atoms with E-state index in [9.17, 15) is 4.79 Å². The third-order valence-corrected chi connectivity index (χ3v) is 1.14. The van der Waals surface area contributed by atoms with Crippen molar-refractivity contribution in [1.82, 2.24) is 0 Å². The van der Waals surface area contributed by atoms with E-state index in [0.29, 0.717) is 6.61 Å². The average Bonchev–Trinajstić information content (AvgIpc) is 2.00. The number of esters is 1. The van der Waals surface area contributed by atoms with Gasteiger partial charge in [-0.2, -0.15) is 0 Å². The van der Waals surface area contributed by atoms with E-state index in [1.165, 1.54) is 7.11 Å². The first-order valence-corrected chi connectivity index (χ1v) is 3.39. The Hall–Kier alpha value is -1.01. The molecule has 0 unspecified atom stereocenters. The normalized spacial score (nSPS) is 11.7. The monoisotopic (exact) mass is 156 g/mol. The molecule has 0 aliphatic carbocycles. The Balaban J connectivity index is 3.83. The van der Waals surface area contributed by atoms with Gasteiger partial charge in [-0.3, -0.25) is 0 Å². The molecule has 0 saturated carbocycles. The van der Waals surface area contributed by atoms with Crippen molar-refractivity contribution in [2.45, 2.75) is 19.4 Å². The zero-order valence-corrected chi connectivity index (χ0v) is 6.79. The predicted octanol–water partition coefficient (Wildman–Crippen LogP) is 0.588. The fourth-order valence-corrected chi connectivity index (χ4v) is 0.605. The molecule has 1 atom stereocenters. The molecule has 3 heteroatoms. The first-order valence-electron chi connectivity index (χ1n) is 3.39. The number of methoxy groups -OCH3 is 1. The molecule has 62 valence electrons. The number of hydrogen-bond donors (Lipinski definition) is 0. The fourth-order valence-electron chi connectivity index (χ4n) is 0.605. The molecule has 0 N–H and O–H groups in total. The van der Waals surface area contributed by atoms with Crippen LogP contribution in [0.2, 0.25) is 0 Å². The second kappa shape index (κ2) is 5.75. The Bertz CT molecular complexity index is 157. The Kier molecular flexibility index (Phi) is 5.22. The van der Waals surface area contributed by atoms with Gasteiger partial charge in [0, 0.05) is 13.5 Å². The maximum atomic E-state index is 10.9. The summed E-state index contributed by atoms with van der Waals surface area (Å²) < 4.78 is 9.48. The molecule has 0 rings (SSSR count). The molecule has 0 radical (unpaired) electrons. The van der Waals surface area contributed by atoms with Crippen LogP contribution >= 0.6 is 0 Å². The van der Waals surface area contributed by atoms with Crippen molar-refractivity contribution >= 4 is 5.97 Å². The Morgan fingerprint density at radius 1 is 1.73 bits per heavy atom. The van der Waals surface area contributed by atoms with Crippen LogP contribution in [0.4, 0.5) is 0 Å². The summed E-state index contributed by atoms with van der Waals surface area (Å²) >= 11 is 0. The highest BCUT2D eigenvalue weighted by molar-refractivity contribution is 5.75. The lowest BCUT2D eigenvalue weighted by Gasteiger charge is -2.09. The van der Waals surface area contributed by atoms with Gasteiger partial charge in [-0.25, -0.2) is 4.79 Å². The standard InChI is InChI=1S/C8H12O3/c1-4-6-7(10-3)8(9)11-5-2/h1,7H,5-6H2,2-3H3/t7-/m1/s1. The maximum Gasteiger partial charge on any atom is 0.336 e. The minimum Gasteiger partial charge on any atom is -0.464 e. The van der Waals surface area contributed by atoms with Gasteiger partial charge in [0.1, 0.15) is 0 Å². The number of hydrogen-bond acceptors (Lipinski definition) is 3. The number of terminal acetylenes is 1. The molecule has 0 aliphatic rings. The molecule has 0 aromatic heterocycles. The number of carbonyl (C=O) groups is 1. The van der Waals surface area contributed by atoms with E-state index >= 15 is 0 Å². The second-order valence-electron chi connectivity index (χ2n) is 1.88. The van der Waals surface area contributed by atoms with Gasteiger partial charge in [-0.15, -0.1) is 12.3 Å². The smallest absolute Gasteiger partial charge is 0.336 e. The zero-order valence-electron chi connectivity index (χ0n) is 6.79. The SMILES string of the molecule is C#CC[C@@H](OC)C(=O)OCC. The van der Waals surface area contributed by atoms with Crippen molar-refractivity contribution in [2.24, 2.45) is 0 Å². The van der Waals surface area contributed by atoms with Gasteiger partial charge in [0.25, 0.3) is 0 Å². The van der Waals surface area contributed by atoms with Crippen molar-refractivity contribution in [3.8, 4) is 12.3 Å². The molecule has 0 heterocycles. The second-order valence-corrected chi connectivity index (χ2v) is 1.88. The van der Waals surface area contributed by atoms with Crippen LogP contribution in [-0.4, -0.2) is 25.8 Å².